The van der Waals surface area contributed by atoms with Crippen LogP contribution in [-0.4, -0.2) is 36.8 Å². The first-order valence-electron chi connectivity index (χ1n) is 8.46. The first-order valence-corrected chi connectivity index (χ1v) is 8.46. The van der Waals surface area contributed by atoms with Crippen LogP contribution in [0.1, 0.15) is 43.6 Å². The van der Waals surface area contributed by atoms with E-state index < -0.39 is 0 Å². The molecular weight excluding hydrogens is 274 g/mol. The molecule has 1 atom stereocenters. The molecule has 5 heteroatoms. The van der Waals surface area contributed by atoms with E-state index in [1.807, 2.05) is 12.5 Å². The quantitative estimate of drug-likeness (QED) is 0.822. The van der Waals surface area contributed by atoms with Crippen molar-refractivity contribution in [2.24, 2.45) is 7.05 Å². The molecule has 0 radical (unpaired) electrons. The van der Waals surface area contributed by atoms with Gasteiger partial charge >= 0.3 is 0 Å². The van der Waals surface area contributed by atoms with Crippen LogP contribution >= 0.6 is 0 Å². The van der Waals surface area contributed by atoms with Crippen molar-refractivity contribution in [1.29, 1.82) is 0 Å². The average Bonchev–Trinajstić information content (AvgIpc) is 3.22. The van der Waals surface area contributed by atoms with Gasteiger partial charge in [0.1, 0.15) is 0 Å². The molecular formula is C17H27N5. The van der Waals surface area contributed by atoms with Crippen LogP contribution in [0.4, 0.5) is 0 Å². The molecule has 0 bridgehead atoms. The van der Waals surface area contributed by atoms with Gasteiger partial charge in [-0.05, 0) is 32.2 Å². The standard InChI is InChI=1S/C17H27N5/c1-4-16-15(17(5-2)20(3)19-16)12-22-9-6-7-14(22)11-21-10-8-18-13-21/h8,10,13-14H,4-7,9,11-12H2,1-3H3/t14-/m0/s1. The van der Waals surface area contributed by atoms with Crippen LogP contribution < -0.4 is 0 Å². The highest BCUT2D eigenvalue weighted by Crippen LogP contribution is 2.25. The maximum Gasteiger partial charge on any atom is 0.0946 e. The third kappa shape index (κ3) is 2.95. The summed E-state index contributed by atoms with van der Waals surface area (Å²) in [6.07, 6.45) is 10.5. The Balaban J connectivity index is 1.77. The Kier molecular flexibility index (Phi) is 4.62. The summed E-state index contributed by atoms with van der Waals surface area (Å²) in [5.41, 5.74) is 4.13. The molecule has 3 heterocycles. The minimum atomic E-state index is 0.615. The summed E-state index contributed by atoms with van der Waals surface area (Å²) in [6, 6.07) is 0.615. The van der Waals surface area contributed by atoms with Crippen molar-refractivity contribution in [1.82, 2.24) is 24.2 Å². The number of likely N-dealkylation sites (tertiary alicyclic amines) is 1. The van der Waals surface area contributed by atoms with Crippen molar-refractivity contribution >= 4 is 0 Å². The SMILES string of the molecule is CCc1nn(C)c(CC)c1CN1CCC[C@H]1Cn1ccnc1. The molecule has 1 aliphatic heterocycles. The first kappa shape index (κ1) is 15.3. The van der Waals surface area contributed by atoms with Gasteiger partial charge in [-0.1, -0.05) is 13.8 Å². The molecule has 1 aliphatic rings. The van der Waals surface area contributed by atoms with Crippen molar-refractivity contribution in [3.8, 4) is 0 Å². The highest BCUT2D eigenvalue weighted by molar-refractivity contribution is 5.27. The predicted molar refractivity (Wildman–Crippen MR) is 87.6 cm³/mol. The number of hydrogen-bond donors (Lipinski definition) is 0. The second-order valence-corrected chi connectivity index (χ2v) is 6.23. The molecule has 0 saturated carbocycles. The zero-order valence-electron chi connectivity index (χ0n) is 14.0. The number of hydrogen-bond acceptors (Lipinski definition) is 3. The van der Waals surface area contributed by atoms with Gasteiger partial charge in [0, 0.05) is 49.8 Å². The number of rotatable bonds is 6. The molecule has 2 aromatic rings. The lowest BCUT2D eigenvalue weighted by molar-refractivity contribution is 0.223. The van der Waals surface area contributed by atoms with Gasteiger partial charge in [0.25, 0.3) is 0 Å². The molecule has 1 saturated heterocycles. The molecule has 0 aliphatic carbocycles. The highest BCUT2D eigenvalue weighted by atomic mass is 15.3. The summed E-state index contributed by atoms with van der Waals surface area (Å²) in [6.45, 7) is 7.72. The van der Waals surface area contributed by atoms with Crippen LogP contribution in [0.2, 0.25) is 0 Å². The van der Waals surface area contributed by atoms with Crippen LogP contribution in [0, 0.1) is 0 Å². The van der Waals surface area contributed by atoms with Crippen molar-refractivity contribution in [2.75, 3.05) is 6.54 Å². The molecule has 3 rings (SSSR count). The highest BCUT2D eigenvalue weighted by Gasteiger charge is 2.27. The van der Waals surface area contributed by atoms with Gasteiger partial charge in [-0.25, -0.2) is 4.98 Å². The minimum Gasteiger partial charge on any atom is -0.336 e. The Morgan fingerprint density at radius 3 is 2.82 bits per heavy atom. The summed E-state index contributed by atoms with van der Waals surface area (Å²) < 4.78 is 4.28. The molecule has 2 aromatic heterocycles. The molecule has 0 aromatic carbocycles. The fraction of sp³-hybridized carbons (Fsp3) is 0.647. The Hall–Kier alpha value is -1.62. The van der Waals surface area contributed by atoms with Gasteiger partial charge in [0.05, 0.1) is 12.0 Å². The number of aromatic nitrogens is 4. The summed E-state index contributed by atoms with van der Waals surface area (Å²) in [7, 11) is 2.08. The molecule has 1 fully saturated rings. The van der Waals surface area contributed by atoms with Crippen molar-refractivity contribution in [2.45, 2.75) is 58.7 Å². The lowest BCUT2D eigenvalue weighted by Crippen LogP contribution is -2.32. The molecule has 0 N–H and O–H groups in total. The Morgan fingerprint density at radius 2 is 2.14 bits per heavy atom. The van der Waals surface area contributed by atoms with E-state index in [-0.39, 0.29) is 0 Å². The van der Waals surface area contributed by atoms with E-state index in [1.165, 1.54) is 36.3 Å². The zero-order chi connectivity index (χ0) is 15.5. The predicted octanol–water partition coefficient (Wildman–Crippen LogP) is 2.41. The smallest absolute Gasteiger partial charge is 0.0946 e. The van der Waals surface area contributed by atoms with Gasteiger partial charge in [0.2, 0.25) is 0 Å². The molecule has 5 nitrogen and oxygen atoms in total. The fourth-order valence-corrected chi connectivity index (χ4v) is 3.72. The third-order valence-corrected chi connectivity index (χ3v) is 4.87. The monoisotopic (exact) mass is 301 g/mol. The summed E-state index contributed by atoms with van der Waals surface area (Å²) >= 11 is 0. The fourth-order valence-electron chi connectivity index (χ4n) is 3.72. The molecule has 0 unspecified atom stereocenters. The van der Waals surface area contributed by atoms with E-state index in [1.54, 1.807) is 0 Å². The first-order chi connectivity index (χ1) is 10.7. The van der Waals surface area contributed by atoms with Crippen LogP contribution in [0.3, 0.4) is 0 Å². The minimum absolute atomic E-state index is 0.615. The van der Waals surface area contributed by atoms with Crippen LogP contribution in [0.15, 0.2) is 18.7 Å². The van der Waals surface area contributed by atoms with Gasteiger partial charge in [-0.3, -0.25) is 9.58 Å². The van der Waals surface area contributed by atoms with Crippen LogP contribution in [0.5, 0.6) is 0 Å². The lowest BCUT2D eigenvalue weighted by Gasteiger charge is -2.25. The lowest BCUT2D eigenvalue weighted by atomic mass is 10.1. The Labute approximate surface area is 133 Å². The molecule has 22 heavy (non-hydrogen) atoms. The van der Waals surface area contributed by atoms with Crippen LogP contribution in [-0.2, 0) is 33.0 Å². The molecule has 120 valence electrons. The number of nitrogens with zero attached hydrogens (tertiary/aromatic N) is 5. The normalized spacial score (nSPS) is 19.1. The Bertz CT molecular complexity index is 599. The van der Waals surface area contributed by atoms with Crippen LogP contribution in [0.25, 0.3) is 0 Å². The largest absolute Gasteiger partial charge is 0.336 e. The van der Waals surface area contributed by atoms with E-state index in [0.717, 1.165) is 25.9 Å². The van der Waals surface area contributed by atoms with E-state index in [9.17, 15) is 0 Å². The van der Waals surface area contributed by atoms with Crippen molar-refractivity contribution in [3.05, 3.63) is 35.7 Å². The van der Waals surface area contributed by atoms with Gasteiger partial charge in [0.15, 0.2) is 0 Å². The van der Waals surface area contributed by atoms with E-state index in [2.05, 4.69) is 46.2 Å². The van der Waals surface area contributed by atoms with E-state index in [4.69, 9.17) is 5.10 Å². The van der Waals surface area contributed by atoms with Gasteiger partial charge in [-0.15, -0.1) is 0 Å². The summed E-state index contributed by atoms with van der Waals surface area (Å²) in [5.74, 6) is 0. The Morgan fingerprint density at radius 1 is 1.27 bits per heavy atom. The molecule has 0 spiro atoms. The number of imidazole rings is 1. The summed E-state index contributed by atoms with van der Waals surface area (Å²) in [4.78, 5) is 6.80. The van der Waals surface area contributed by atoms with Crippen molar-refractivity contribution in [3.63, 3.8) is 0 Å². The van der Waals surface area contributed by atoms with E-state index in [0.29, 0.717) is 6.04 Å². The van der Waals surface area contributed by atoms with Gasteiger partial charge < -0.3 is 4.57 Å². The second kappa shape index (κ2) is 6.65. The van der Waals surface area contributed by atoms with E-state index >= 15 is 0 Å². The maximum atomic E-state index is 4.72. The average molecular weight is 301 g/mol. The topological polar surface area (TPSA) is 38.9 Å². The molecule has 0 amide bonds. The maximum absolute atomic E-state index is 4.72. The summed E-state index contributed by atoms with van der Waals surface area (Å²) in [5, 5.41) is 4.72. The second-order valence-electron chi connectivity index (χ2n) is 6.23. The van der Waals surface area contributed by atoms with Crippen molar-refractivity contribution < 1.29 is 0 Å². The third-order valence-electron chi connectivity index (χ3n) is 4.87. The number of aryl methyl sites for hydroxylation is 2. The van der Waals surface area contributed by atoms with Gasteiger partial charge in [-0.2, -0.15) is 5.10 Å². The zero-order valence-corrected chi connectivity index (χ0v) is 14.0.